The molecule has 0 saturated carbocycles. The van der Waals surface area contributed by atoms with Gasteiger partial charge in [-0.05, 0) is 67.6 Å². The number of amides is 1. The average Bonchev–Trinajstić information content (AvgIpc) is 3.22. The highest BCUT2D eigenvalue weighted by Gasteiger charge is 2.30. The second-order valence-corrected chi connectivity index (χ2v) is 7.95. The predicted molar refractivity (Wildman–Crippen MR) is 112 cm³/mol. The number of ether oxygens (including phenoxy) is 3. The molecule has 1 unspecified atom stereocenters. The molecule has 29 heavy (non-hydrogen) atoms. The Morgan fingerprint density at radius 2 is 2.00 bits per heavy atom. The third-order valence-corrected chi connectivity index (χ3v) is 5.69. The summed E-state index contributed by atoms with van der Waals surface area (Å²) in [5.74, 6) is 2.56. The van der Waals surface area contributed by atoms with Crippen molar-refractivity contribution in [2.75, 3.05) is 26.4 Å². The molecule has 2 aromatic carbocycles. The molecule has 0 aromatic heterocycles. The van der Waals surface area contributed by atoms with Crippen LogP contribution in [0.2, 0.25) is 5.02 Å². The van der Waals surface area contributed by atoms with Gasteiger partial charge in [-0.1, -0.05) is 17.7 Å². The van der Waals surface area contributed by atoms with Crippen LogP contribution in [0.4, 0.5) is 0 Å². The van der Waals surface area contributed by atoms with Crippen molar-refractivity contribution >= 4 is 17.5 Å². The molecule has 1 saturated heterocycles. The number of benzene rings is 2. The van der Waals surface area contributed by atoms with Gasteiger partial charge in [0.25, 0.3) is 0 Å². The molecule has 0 N–H and O–H groups in total. The van der Waals surface area contributed by atoms with E-state index in [-0.39, 0.29) is 11.9 Å². The van der Waals surface area contributed by atoms with Crippen LogP contribution in [0.3, 0.4) is 0 Å². The zero-order valence-electron chi connectivity index (χ0n) is 16.7. The van der Waals surface area contributed by atoms with Crippen molar-refractivity contribution in [3.05, 3.63) is 52.5 Å². The van der Waals surface area contributed by atoms with Crippen LogP contribution in [0.1, 0.15) is 42.9 Å². The second-order valence-electron chi connectivity index (χ2n) is 7.51. The second kappa shape index (κ2) is 8.95. The van der Waals surface area contributed by atoms with Crippen LogP contribution in [0.15, 0.2) is 36.4 Å². The lowest BCUT2D eigenvalue weighted by molar-refractivity contribution is -0.132. The first-order valence-corrected chi connectivity index (χ1v) is 10.6. The van der Waals surface area contributed by atoms with E-state index >= 15 is 0 Å². The Balaban J connectivity index is 1.32. The summed E-state index contributed by atoms with van der Waals surface area (Å²) < 4.78 is 17.1. The molecule has 0 aliphatic carbocycles. The number of carbonyl (C=O) groups excluding carboxylic acids is 1. The van der Waals surface area contributed by atoms with E-state index in [1.807, 2.05) is 42.2 Å². The molecular weight excluding hydrogens is 390 g/mol. The van der Waals surface area contributed by atoms with Crippen molar-refractivity contribution in [2.24, 2.45) is 0 Å². The molecule has 0 bridgehead atoms. The van der Waals surface area contributed by atoms with Gasteiger partial charge in [-0.15, -0.1) is 0 Å². The van der Waals surface area contributed by atoms with Crippen molar-refractivity contribution in [3.8, 4) is 17.2 Å². The summed E-state index contributed by atoms with van der Waals surface area (Å²) in [5.41, 5.74) is 2.12. The highest BCUT2D eigenvalue weighted by Crippen LogP contribution is 2.38. The van der Waals surface area contributed by atoms with E-state index in [2.05, 4.69) is 6.07 Å². The van der Waals surface area contributed by atoms with Gasteiger partial charge in [0.2, 0.25) is 5.91 Å². The van der Waals surface area contributed by atoms with Crippen molar-refractivity contribution in [1.29, 1.82) is 0 Å². The molecule has 2 heterocycles. The van der Waals surface area contributed by atoms with Crippen LogP contribution in [-0.4, -0.2) is 37.2 Å². The molecule has 154 valence electrons. The molecule has 2 aromatic rings. The van der Waals surface area contributed by atoms with Crippen molar-refractivity contribution in [2.45, 2.75) is 38.6 Å². The molecule has 1 fully saturated rings. The van der Waals surface area contributed by atoms with E-state index in [1.54, 1.807) is 0 Å². The van der Waals surface area contributed by atoms with Crippen LogP contribution in [0, 0.1) is 6.92 Å². The summed E-state index contributed by atoms with van der Waals surface area (Å²) in [7, 11) is 0. The fourth-order valence-corrected chi connectivity index (χ4v) is 4.23. The smallest absolute Gasteiger partial charge is 0.223 e. The van der Waals surface area contributed by atoms with Crippen LogP contribution in [-0.2, 0) is 4.79 Å². The molecule has 0 spiro atoms. The van der Waals surface area contributed by atoms with Crippen LogP contribution in [0.25, 0.3) is 0 Å². The Kier molecular flexibility index (Phi) is 6.14. The molecule has 4 rings (SSSR count). The van der Waals surface area contributed by atoms with Gasteiger partial charge in [0.1, 0.15) is 19.0 Å². The minimum absolute atomic E-state index is 0.109. The highest BCUT2D eigenvalue weighted by molar-refractivity contribution is 6.30. The number of halogens is 1. The average molecular weight is 416 g/mol. The number of fused-ring (bicyclic) bond motifs is 1. The minimum Gasteiger partial charge on any atom is -0.493 e. The predicted octanol–water partition coefficient (Wildman–Crippen LogP) is 4.94. The standard InChI is InChI=1S/C23H26ClNO4/c1-16-14-18(24)7-9-20(16)27-11-3-5-23(26)25-10-2-4-19(25)17-6-8-21-22(15-17)29-13-12-28-21/h6-9,14-15,19H,2-5,10-13H2,1H3. The fraction of sp³-hybridized carbons (Fsp3) is 0.435. The first-order chi connectivity index (χ1) is 14.1. The summed E-state index contributed by atoms with van der Waals surface area (Å²) in [4.78, 5) is 14.8. The zero-order valence-corrected chi connectivity index (χ0v) is 17.4. The number of rotatable bonds is 6. The maximum atomic E-state index is 12.8. The van der Waals surface area contributed by atoms with Gasteiger partial charge in [0.05, 0.1) is 12.6 Å². The summed E-state index contributed by atoms with van der Waals surface area (Å²) in [6.07, 6.45) is 3.16. The maximum Gasteiger partial charge on any atom is 0.223 e. The zero-order chi connectivity index (χ0) is 20.2. The Morgan fingerprint density at radius 3 is 2.83 bits per heavy atom. The number of likely N-dealkylation sites (tertiary alicyclic amines) is 1. The minimum atomic E-state index is 0.109. The first kappa shape index (κ1) is 19.9. The van der Waals surface area contributed by atoms with E-state index in [4.69, 9.17) is 25.8 Å². The first-order valence-electron chi connectivity index (χ1n) is 10.2. The lowest BCUT2D eigenvalue weighted by atomic mass is 10.0. The van der Waals surface area contributed by atoms with Gasteiger partial charge in [-0.3, -0.25) is 4.79 Å². The van der Waals surface area contributed by atoms with Gasteiger partial charge in [0, 0.05) is 18.0 Å². The number of hydrogen-bond acceptors (Lipinski definition) is 4. The molecule has 2 aliphatic heterocycles. The largest absolute Gasteiger partial charge is 0.493 e. The molecule has 1 amide bonds. The molecule has 5 nitrogen and oxygen atoms in total. The number of hydrogen-bond donors (Lipinski definition) is 0. The van der Waals surface area contributed by atoms with E-state index in [0.717, 1.165) is 47.8 Å². The SMILES string of the molecule is Cc1cc(Cl)ccc1OCCCC(=O)N1CCCC1c1ccc2c(c1)OCCO2. The number of carbonyl (C=O) groups is 1. The van der Waals surface area contributed by atoms with Crippen molar-refractivity contribution in [3.63, 3.8) is 0 Å². The van der Waals surface area contributed by atoms with Gasteiger partial charge < -0.3 is 19.1 Å². The van der Waals surface area contributed by atoms with Gasteiger partial charge in [-0.2, -0.15) is 0 Å². The summed E-state index contributed by atoms with van der Waals surface area (Å²) in [5, 5.41) is 0.698. The molecule has 6 heteroatoms. The summed E-state index contributed by atoms with van der Waals surface area (Å²) >= 11 is 5.98. The van der Waals surface area contributed by atoms with Crippen LogP contribution < -0.4 is 14.2 Å². The quantitative estimate of drug-likeness (QED) is 0.627. The van der Waals surface area contributed by atoms with Gasteiger partial charge in [0.15, 0.2) is 11.5 Å². The van der Waals surface area contributed by atoms with Gasteiger partial charge >= 0.3 is 0 Å². The lowest BCUT2D eigenvalue weighted by Gasteiger charge is -2.27. The van der Waals surface area contributed by atoms with E-state index in [9.17, 15) is 4.79 Å². The van der Waals surface area contributed by atoms with Crippen molar-refractivity contribution < 1.29 is 19.0 Å². The fourth-order valence-electron chi connectivity index (χ4n) is 4.00. The molecule has 2 aliphatic rings. The molecule has 0 radical (unpaired) electrons. The summed E-state index contributed by atoms with van der Waals surface area (Å²) in [6, 6.07) is 11.7. The highest BCUT2D eigenvalue weighted by atomic mass is 35.5. The van der Waals surface area contributed by atoms with E-state index in [0.29, 0.717) is 37.7 Å². The monoisotopic (exact) mass is 415 g/mol. The molecule has 1 atom stereocenters. The number of nitrogens with zero attached hydrogens (tertiary/aromatic N) is 1. The van der Waals surface area contributed by atoms with Crippen LogP contribution >= 0.6 is 11.6 Å². The Hall–Kier alpha value is -2.40. The Morgan fingerprint density at radius 1 is 1.17 bits per heavy atom. The van der Waals surface area contributed by atoms with E-state index in [1.165, 1.54) is 0 Å². The summed E-state index contributed by atoms with van der Waals surface area (Å²) in [6.45, 7) is 4.43. The molecular formula is C23H26ClNO4. The maximum absolute atomic E-state index is 12.8. The number of aryl methyl sites for hydroxylation is 1. The lowest BCUT2D eigenvalue weighted by Crippen LogP contribution is -2.30. The topological polar surface area (TPSA) is 48.0 Å². The van der Waals surface area contributed by atoms with Crippen LogP contribution in [0.5, 0.6) is 17.2 Å². The third kappa shape index (κ3) is 4.61. The Labute approximate surface area is 176 Å². The normalized spacial score (nSPS) is 18.0. The Bertz CT molecular complexity index is 885. The van der Waals surface area contributed by atoms with Gasteiger partial charge in [-0.25, -0.2) is 0 Å². The van der Waals surface area contributed by atoms with Crippen molar-refractivity contribution in [1.82, 2.24) is 4.90 Å². The third-order valence-electron chi connectivity index (χ3n) is 5.45. The van der Waals surface area contributed by atoms with E-state index < -0.39 is 0 Å².